The van der Waals surface area contributed by atoms with Gasteiger partial charge in [-0.2, -0.15) is 0 Å². The zero-order chi connectivity index (χ0) is 39.1. The van der Waals surface area contributed by atoms with E-state index < -0.39 is 13.9 Å². The number of carbonyl (C=O) groups excluding carboxylic acids is 1. The average molecular weight is 775 g/mol. The van der Waals surface area contributed by atoms with Crippen molar-refractivity contribution in [3.8, 4) is 0 Å². The van der Waals surface area contributed by atoms with Crippen LogP contribution in [0, 0.1) is 0 Å². The van der Waals surface area contributed by atoms with Gasteiger partial charge in [0.15, 0.2) is 0 Å². The molecule has 0 spiro atoms. The standard InChI is InChI=1S/C44H88NO7P/c1-6-8-10-12-14-16-18-20-21-22-23-24-26-28-30-32-34-36-39-49-41-43(42-51-53(47,48)50-40-38-45(3,4)5)52-44(46)37-35-33-31-29-27-25-19-17-15-13-11-9-7-2/h17,19,43H,6-16,18,20-42H2,1-5H3/p+1/b19-17-/t43-/m1/s1. The molecule has 0 saturated heterocycles. The number of allylic oxidation sites excluding steroid dienone is 2. The first-order valence-corrected chi connectivity index (χ1v) is 23.9. The van der Waals surface area contributed by atoms with Crippen molar-refractivity contribution in [3.05, 3.63) is 12.2 Å². The van der Waals surface area contributed by atoms with E-state index >= 15 is 0 Å². The number of carbonyl (C=O) groups is 1. The van der Waals surface area contributed by atoms with Crippen molar-refractivity contribution in [2.24, 2.45) is 0 Å². The molecule has 53 heavy (non-hydrogen) atoms. The van der Waals surface area contributed by atoms with E-state index in [4.69, 9.17) is 18.5 Å². The topological polar surface area (TPSA) is 91.3 Å². The van der Waals surface area contributed by atoms with Crippen molar-refractivity contribution in [1.82, 2.24) is 0 Å². The Bertz CT molecular complexity index is 863. The van der Waals surface area contributed by atoms with Crippen molar-refractivity contribution < 1.29 is 37.3 Å². The highest BCUT2D eigenvalue weighted by atomic mass is 31.2. The van der Waals surface area contributed by atoms with Gasteiger partial charge >= 0.3 is 13.8 Å². The molecule has 0 heterocycles. The molecule has 0 aliphatic heterocycles. The van der Waals surface area contributed by atoms with E-state index in [-0.39, 0.29) is 25.8 Å². The van der Waals surface area contributed by atoms with Crippen LogP contribution in [0.25, 0.3) is 0 Å². The van der Waals surface area contributed by atoms with E-state index in [1.807, 2.05) is 21.1 Å². The zero-order valence-corrected chi connectivity index (χ0v) is 36.7. The molecule has 1 unspecified atom stereocenters. The fourth-order valence-corrected chi connectivity index (χ4v) is 7.05. The molecule has 9 heteroatoms. The maximum absolute atomic E-state index is 12.7. The fraction of sp³-hybridized carbons (Fsp3) is 0.932. The lowest BCUT2D eigenvalue weighted by Gasteiger charge is -2.24. The van der Waals surface area contributed by atoms with Crippen LogP contribution in [0.5, 0.6) is 0 Å². The number of rotatable bonds is 42. The Labute approximate surface area is 329 Å². The van der Waals surface area contributed by atoms with E-state index in [0.29, 0.717) is 24.1 Å². The van der Waals surface area contributed by atoms with Gasteiger partial charge in [0.1, 0.15) is 19.3 Å². The summed E-state index contributed by atoms with van der Waals surface area (Å²) in [5.41, 5.74) is 0. The molecule has 0 aromatic heterocycles. The van der Waals surface area contributed by atoms with Crippen LogP contribution in [0.15, 0.2) is 12.2 Å². The zero-order valence-electron chi connectivity index (χ0n) is 35.8. The van der Waals surface area contributed by atoms with Crippen molar-refractivity contribution in [2.45, 2.75) is 213 Å². The minimum atomic E-state index is -4.27. The third-order valence-corrected chi connectivity index (χ3v) is 10.8. The van der Waals surface area contributed by atoms with E-state index in [1.165, 1.54) is 148 Å². The van der Waals surface area contributed by atoms with Crippen LogP contribution in [0.4, 0.5) is 0 Å². The molecule has 316 valence electrons. The van der Waals surface area contributed by atoms with Gasteiger partial charge < -0.3 is 18.9 Å². The van der Waals surface area contributed by atoms with Crippen molar-refractivity contribution in [3.63, 3.8) is 0 Å². The minimum Gasteiger partial charge on any atom is -0.457 e. The molecule has 0 fully saturated rings. The first-order valence-electron chi connectivity index (χ1n) is 22.4. The monoisotopic (exact) mass is 775 g/mol. The summed E-state index contributed by atoms with van der Waals surface area (Å²) in [6.45, 7) is 5.64. The molecule has 0 aliphatic carbocycles. The van der Waals surface area contributed by atoms with Crippen LogP contribution >= 0.6 is 7.82 Å². The average Bonchev–Trinajstić information content (AvgIpc) is 3.11. The number of phosphoric ester groups is 1. The third-order valence-electron chi connectivity index (χ3n) is 9.83. The summed E-state index contributed by atoms with van der Waals surface area (Å²) in [5, 5.41) is 0. The predicted octanol–water partition coefficient (Wildman–Crippen LogP) is 13.1. The Morgan fingerprint density at radius 1 is 0.566 bits per heavy atom. The first-order chi connectivity index (χ1) is 25.6. The predicted molar refractivity (Wildman–Crippen MR) is 224 cm³/mol. The molecular formula is C44H89NO7P+. The van der Waals surface area contributed by atoms with Crippen molar-refractivity contribution in [1.29, 1.82) is 0 Å². The molecule has 0 aliphatic rings. The van der Waals surface area contributed by atoms with E-state index in [9.17, 15) is 14.3 Å². The minimum absolute atomic E-state index is 0.0902. The third kappa shape index (κ3) is 42.2. The van der Waals surface area contributed by atoms with E-state index in [1.54, 1.807) is 0 Å². The number of hydrogen-bond donors (Lipinski definition) is 1. The van der Waals surface area contributed by atoms with Gasteiger partial charge in [-0.1, -0.05) is 174 Å². The second-order valence-electron chi connectivity index (χ2n) is 16.4. The molecule has 0 amide bonds. The number of esters is 1. The number of phosphoric acid groups is 1. The molecule has 0 rings (SSSR count). The van der Waals surface area contributed by atoms with Crippen LogP contribution in [-0.2, 0) is 27.9 Å². The van der Waals surface area contributed by atoms with Crippen LogP contribution in [0.1, 0.15) is 206 Å². The lowest BCUT2D eigenvalue weighted by molar-refractivity contribution is -0.870. The number of hydrogen-bond acceptors (Lipinski definition) is 6. The molecule has 2 atom stereocenters. The summed E-state index contributed by atoms with van der Waals surface area (Å²) < 4.78 is 35.0. The SMILES string of the molecule is CCCCCC/C=C\CCCCCCCC(=O)O[C@H](COCCCCCCCCCCCCCCCCCCCC)COP(=O)(O)OCC[N+](C)(C)C. The van der Waals surface area contributed by atoms with Crippen molar-refractivity contribution >= 4 is 13.8 Å². The highest BCUT2D eigenvalue weighted by Crippen LogP contribution is 2.43. The quantitative estimate of drug-likeness (QED) is 0.0217. The summed E-state index contributed by atoms with van der Waals surface area (Å²) in [6, 6.07) is 0. The largest absolute Gasteiger partial charge is 0.472 e. The maximum Gasteiger partial charge on any atom is 0.472 e. The summed E-state index contributed by atoms with van der Waals surface area (Å²) in [7, 11) is 1.67. The first kappa shape index (κ1) is 52.2. The normalized spacial score (nSPS) is 13.8. The van der Waals surface area contributed by atoms with Crippen molar-refractivity contribution in [2.75, 3.05) is 54.1 Å². The number of likely N-dealkylation sites (N-methyl/N-ethyl adjacent to an activating group) is 1. The van der Waals surface area contributed by atoms with Gasteiger partial charge in [-0.05, 0) is 38.5 Å². The lowest BCUT2D eigenvalue weighted by Crippen LogP contribution is -2.37. The number of quaternary nitrogens is 1. The number of nitrogens with zero attached hydrogens (tertiary/aromatic N) is 1. The van der Waals surface area contributed by atoms with Gasteiger partial charge in [0.2, 0.25) is 0 Å². The molecular weight excluding hydrogens is 685 g/mol. The molecule has 0 bridgehead atoms. The van der Waals surface area contributed by atoms with Gasteiger partial charge in [-0.15, -0.1) is 0 Å². The van der Waals surface area contributed by atoms with Crippen LogP contribution in [0.2, 0.25) is 0 Å². The smallest absolute Gasteiger partial charge is 0.457 e. The highest BCUT2D eigenvalue weighted by Gasteiger charge is 2.26. The van der Waals surface area contributed by atoms with E-state index in [0.717, 1.165) is 38.5 Å². The van der Waals surface area contributed by atoms with Gasteiger partial charge in [0, 0.05) is 13.0 Å². The van der Waals surface area contributed by atoms with Gasteiger partial charge in [0.05, 0.1) is 34.4 Å². The Hall–Kier alpha value is -0.760. The number of unbranched alkanes of at least 4 members (excludes halogenated alkanes) is 26. The molecule has 0 radical (unpaired) electrons. The summed E-state index contributed by atoms with van der Waals surface area (Å²) >= 11 is 0. The Kier molecular flexibility index (Phi) is 37.6. The van der Waals surface area contributed by atoms with Crippen LogP contribution < -0.4 is 0 Å². The molecule has 0 aromatic rings. The second kappa shape index (κ2) is 38.1. The van der Waals surface area contributed by atoms with Gasteiger partial charge in [-0.3, -0.25) is 13.8 Å². The molecule has 8 nitrogen and oxygen atoms in total. The Morgan fingerprint density at radius 3 is 1.45 bits per heavy atom. The summed E-state index contributed by atoms with van der Waals surface area (Å²) in [5.74, 6) is -0.319. The second-order valence-corrected chi connectivity index (χ2v) is 17.9. The molecule has 1 N–H and O–H groups in total. The molecule has 0 saturated carbocycles. The van der Waals surface area contributed by atoms with Crippen LogP contribution in [-0.4, -0.2) is 75.6 Å². The lowest BCUT2D eigenvalue weighted by atomic mass is 10.0. The molecule has 0 aromatic carbocycles. The Morgan fingerprint density at radius 2 is 0.981 bits per heavy atom. The Balaban J connectivity index is 4.17. The summed E-state index contributed by atoms with van der Waals surface area (Å²) in [4.78, 5) is 22.9. The maximum atomic E-state index is 12.7. The number of ether oxygens (including phenoxy) is 2. The summed E-state index contributed by atoms with van der Waals surface area (Å²) in [6.07, 6.45) is 41.0. The van der Waals surface area contributed by atoms with Gasteiger partial charge in [-0.25, -0.2) is 4.57 Å². The highest BCUT2D eigenvalue weighted by molar-refractivity contribution is 7.47. The fourth-order valence-electron chi connectivity index (χ4n) is 6.31. The van der Waals surface area contributed by atoms with Gasteiger partial charge in [0.25, 0.3) is 0 Å². The van der Waals surface area contributed by atoms with Crippen LogP contribution in [0.3, 0.4) is 0 Å². The van der Waals surface area contributed by atoms with E-state index in [2.05, 4.69) is 26.0 Å².